The Morgan fingerprint density at radius 1 is 1.28 bits per heavy atom. The summed E-state index contributed by atoms with van der Waals surface area (Å²) in [5.74, 6) is 3.41. The first-order valence-electron chi connectivity index (χ1n) is 6.66. The molecule has 3 aliphatic rings. The van der Waals surface area contributed by atoms with Crippen molar-refractivity contribution in [3.05, 3.63) is 28.5 Å². The summed E-state index contributed by atoms with van der Waals surface area (Å²) in [6.45, 7) is 0. The summed E-state index contributed by atoms with van der Waals surface area (Å²) < 4.78 is 0.764. The molecule has 0 radical (unpaired) electrons. The second kappa shape index (κ2) is 3.80. The van der Waals surface area contributed by atoms with Crippen LogP contribution in [0, 0.1) is 23.7 Å². The minimum Gasteiger partial charge on any atom is -0.349 e. The van der Waals surface area contributed by atoms with Gasteiger partial charge >= 0.3 is 0 Å². The van der Waals surface area contributed by atoms with Gasteiger partial charge in [-0.05, 0) is 71.0 Å². The van der Waals surface area contributed by atoms with Gasteiger partial charge in [-0.1, -0.05) is 0 Å². The van der Waals surface area contributed by atoms with E-state index in [1.165, 1.54) is 19.3 Å². The van der Waals surface area contributed by atoms with Crippen LogP contribution in [0.1, 0.15) is 29.6 Å². The van der Waals surface area contributed by atoms with Gasteiger partial charge in [0.15, 0.2) is 0 Å². The molecule has 4 rings (SSSR count). The molecule has 4 unspecified atom stereocenters. The maximum atomic E-state index is 12.1. The maximum Gasteiger partial charge on any atom is 0.253 e. The van der Waals surface area contributed by atoms with Crippen molar-refractivity contribution in [1.29, 1.82) is 0 Å². The van der Waals surface area contributed by atoms with Crippen LogP contribution in [0.3, 0.4) is 0 Å². The predicted octanol–water partition coefficient (Wildman–Crippen LogP) is 2.62. The molecule has 2 bridgehead atoms. The first-order valence-corrected chi connectivity index (χ1v) is 7.46. The molecule has 4 heteroatoms. The number of carbonyl (C=O) groups is 1. The van der Waals surface area contributed by atoms with Crippen LogP contribution < -0.4 is 5.32 Å². The van der Waals surface area contributed by atoms with Gasteiger partial charge < -0.3 is 5.32 Å². The van der Waals surface area contributed by atoms with Crippen molar-refractivity contribution in [2.75, 3.05) is 0 Å². The van der Waals surface area contributed by atoms with E-state index in [1.807, 2.05) is 12.1 Å². The lowest BCUT2D eigenvalue weighted by Crippen LogP contribution is -2.29. The smallest absolute Gasteiger partial charge is 0.253 e. The lowest BCUT2D eigenvalue weighted by molar-refractivity contribution is 0.0944. The molecule has 3 nitrogen and oxygen atoms in total. The molecule has 0 spiro atoms. The second-order valence-corrected chi connectivity index (χ2v) is 6.67. The summed E-state index contributed by atoms with van der Waals surface area (Å²) in [4.78, 5) is 16.2. The standard InChI is InChI=1S/C14H15BrN2O/c15-10-4-3-9(6-16-10)14(18)17-13-11-7-1-2-8(5-7)12(11)13/h3-4,6-8,11-13H,1-2,5H2,(H,17,18). The van der Waals surface area contributed by atoms with E-state index in [0.717, 1.165) is 28.3 Å². The van der Waals surface area contributed by atoms with Gasteiger partial charge in [0.25, 0.3) is 5.91 Å². The zero-order chi connectivity index (χ0) is 12.3. The Morgan fingerprint density at radius 2 is 2.00 bits per heavy atom. The van der Waals surface area contributed by atoms with Gasteiger partial charge in [-0.3, -0.25) is 4.79 Å². The number of rotatable bonds is 2. The zero-order valence-electron chi connectivity index (χ0n) is 9.97. The number of hydrogen-bond donors (Lipinski definition) is 1. The Kier molecular flexibility index (Phi) is 2.31. The fourth-order valence-corrected chi connectivity index (χ4v) is 4.50. The van der Waals surface area contributed by atoms with Crippen molar-refractivity contribution in [2.45, 2.75) is 25.3 Å². The van der Waals surface area contributed by atoms with Crippen LogP contribution in [-0.2, 0) is 0 Å². The molecule has 0 aromatic carbocycles. The highest BCUT2D eigenvalue weighted by Gasteiger charge is 2.65. The van der Waals surface area contributed by atoms with E-state index >= 15 is 0 Å². The third-order valence-corrected chi connectivity index (χ3v) is 5.49. The molecular formula is C14H15BrN2O. The minimum absolute atomic E-state index is 0.0359. The van der Waals surface area contributed by atoms with Crippen LogP contribution in [0.5, 0.6) is 0 Å². The Hall–Kier alpha value is -0.900. The number of aromatic nitrogens is 1. The lowest BCUT2D eigenvalue weighted by Gasteiger charge is -2.10. The summed E-state index contributed by atoms with van der Waals surface area (Å²) in [7, 11) is 0. The number of nitrogens with zero attached hydrogens (tertiary/aromatic N) is 1. The first-order chi connectivity index (χ1) is 8.74. The van der Waals surface area contributed by atoms with Gasteiger partial charge in [0, 0.05) is 12.2 Å². The van der Waals surface area contributed by atoms with Crippen LogP contribution in [-0.4, -0.2) is 16.9 Å². The van der Waals surface area contributed by atoms with Crippen molar-refractivity contribution in [2.24, 2.45) is 23.7 Å². The Bertz CT molecular complexity index is 485. The summed E-state index contributed by atoms with van der Waals surface area (Å²) >= 11 is 3.28. The van der Waals surface area contributed by atoms with Crippen LogP contribution >= 0.6 is 15.9 Å². The lowest BCUT2D eigenvalue weighted by atomic mass is 10.0. The highest BCUT2D eigenvalue weighted by atomic mass is 79.9. The molecule has 3 saturated carbocycles. The third kappa shape index (κ3) is 1.54. The second-order valence-electron chi connectivity index (χ2n) is 5.86. The fraction of sp³-hybridized carbons (Fsp3) is 0.571. The van der Waals surface area contributed by atoms with Crippen LogP contribution in [0.4, 0.5) is 0 Å². The predicted molar refractivity (Wildman–Crippen MR) is 71.0 cm³/mol. The van der Waals surface area contributed by atoms with E-state index in [-0.39, 0.29) is 5.91 Å². The van der Waals surface area contributed by atoms with Crippen molar-refractivity contribution in [1.82, 2.24) is 10.3 Å². The summed E-state index contributed by atoms with van der Waals surface area (Å²) in [5.41, 5.74) is 0.663. The monoisotopic (exact) mass is 306 g/mol. The number of carbonyl (C=O) groups excluding carboxylic acids is 1. The van der Waals surface area contributed by atoms with Gasteiger partial charge in [0.05, 0.1) is 5.56 Å². The summed E-state index contributed by atoms with van der Waals surface area (Å²) in [6, 6.07) is 4.08. The zero-order valence-corrected chi connectivity index (χ0v) is 11.6. The molecule has 0 aliphatic heterocycles. The Morgan fingerprint density at radius 3 is 2.61 bits per heavy atom. The van der Waals surface area contributed by atoms with Gasteiger partial charge in [-0.25, -0.2) is 4.98 Å². The molecule has 1 amide bonds. The molecule has 94 valence electrons. The van der Waals surface area contributed by atoms with Gasteiger partial charge in [0.1, 0.15) is 4.60 Å². The third-order valence-electron chi connectivity index (χ3n) is 5.02. The number of amides is 1. The summed E-state index contributed by atoms with van der Waals surface area (Å²) in [6.07, 6.45) is 5.82. The topological polar surface area (TPSA) is 42.0 Å². The summed E-state index contributed by atoms with van der Waals surface area (Å²) in [5, 5.41) is 3.20. The minimum atomic E-state index is 0.0359. The molecule has 1 N–H and O–H groups in total. The van der Waals surface area contributed by atoms with E-state index in [2.05, 4.69) is 26.2 Å². The molecule has 18 heavy (non-hydrogen) atoms. The quantitative estimate of drug-likeness (QED) is 0.854. The number of halogens is 1. The molecule has 1 aromatic rings. The number of fused-ring (bicyclic) bond motifs is 5. The van der Waals surface area contributed by atoms with Gasteiger partial charge in [0.2, 0.25) is 0 Å². The molecular weight excluding hydrogens is 292 g/mol. The maximum absolute atomic E-state index is 12.1. The van der Waals surface area contributed by atoms with Crippen LogP contribution in [0.2, 0.25) is 0 Å². The molecule has 3 aliphatic carbocycles. The average molecular weight is 307 g/mol. The SMILES string of the molecule is O=C(NC1C2C3CCC(C3)C12)c1ccc(Br)nc1. The van der Waals surface area contributed by atoms with Crippen molar-refractivity contribution in [3.8, 4) is 0 Å². The number of nitrogens with one attached hydrogen (secondary N) is 1. The first kappa shape index (κ1) is 11.0. The van der Waals surface area contributed by atoms with Crippen LogP contribution in [0.15, 0.2) is 22.9 Å². The number of hydrogen-bond acceptors (Lipinski definition) is 2. The van der Waals surface area contributed by atoms with Gasteiger partial charge in [-0.15, -0.1) is 0 Å². The Labute approximate surface area is 114 Å². The molecule has 1 aromatic heterocycles. The van der Waals surface area contributed by atoms with Crippen molar-refractivity contribution in [3.63, 3.8) is 0 Å². The Balaban J connectivity index is 1.44. The average Bonchev–Trinajstić information content (AvgIpc) is 2.78. The molecule has 4 atom stereocenters. The van der Waals surface area contributed by atoms with Crippen molar-refractivity contribution < 1.29 is 4.79 Å². The number of pyridine rings is 1. The fourth-order valence-electron chi connectivity index (χ4n) is 4.26. The van der Waals surface area contributed by atoms with Crippen molar-refractivity contribution >= 4 is 21.8 Å². The largest absolute Gasteiger partial charge is 0.349 e. The molecule has 0 saturated heterocycles. The van der Waals surface area contributed by atoms with E-state index in [9.17, 15) is 4.79 Å². The molecule has 3 fully saturated rings. The normalized spacial score (nSPS) is 39.5. The van der Waals surface area contributed by atoms with Gasteiger partial charge in [-0.2, -0.15) is 0 Å². The van der Waals surface area contributed by atoms with E-state index in [1.54, 1.807) is 6.20 Å². The molecule has 1 heterocycles. The highest BCUT2D eigenvalue weighted by Crippen LogP contribution is 2.65. The van der Waals surface area contributed by atoms with Crippen LogP contribution in [0.25, 0.3) is 0 Å². The van der Waals surface area contributed by atoms with E-state index in [0.29, 0.717) is 11.6 Å². The highest BCUT2D eigenvalue weighted by molar-refractivity contribution is 9.10. The van der Waals surface area contributed by atoms with E-state index in [4.69, 9.17) is 0 Å². The van der Waals surface area contributed by atoms with E-state index < -0.39 is 0 Å².